The fourth-order valence-electron chi connectivity index (χ4n) is 3.99. The van der Waals surface area contributed by atoms with E-state index in [-0.39, 0.29) is 18.4 Å². The standard InChI is InChI=1S/C26H29Cl2NO4/c1-4-9-22(32-21-10-7-6-8-11-21)18(3)23(16-29)33-24(30)25(17-26(25,27)28)19-12-14-20(15-13-19)31-5-2/h6-8,10-15,18,22-23H,4-5,9,17H2,1-3H3. The van der Waals surface area contributed by atoms with Crippen LogP contribution < -0.4 is 9.47 Å². The number of hydrogen-bond acceptors (Lipinski definition) is 5. The molecule has 0 aromatic heterocycles. The number of carbonyl (C=O) groups excluding carboxylic acids is 1. The average Bonchev–Trinajstić information content (AvgIpc) is 3.41. The van der Waals surface area contributed by atoms with E-state index in [1.807, 2.05) is 51.1 Å². The summed E-state index contributed by atoms with van der Waals surface area (Å²) in [5.74, 6) is 0.420. The highest BCUT2D eigenvalue weighted by Gasteiger charge is 2.73. The van der Waals surface area contributed by atoms with Crippen molar-refractivity contribution in [1.82, 2.24) is 0 Å². The van der Waals surface area contributed by atoms with E-state index < -0.39 is 21.8 Å². The van der Waals surface area contributed by atoms with Crippen LogP contribution in [0.1, 0.15) is 45.6 Å². The lowest BCUT2D eigenvalue weighted by Gasteiger charge is -2.29. The van der Waals surface area contributed by atoms with E-state index in [0.29, 0.717) is 30.1 Å². The molecule has 5 nitrogen and oxygen atoms in total. The molecule has 0 amide bonds. The predicted octanol–water partition coefficient (Wildman–Crippen LogP) is 6.22. The van der Waals surface area contributed by atoms with Crippen LogP contribution in [0.3, 0.4) is 0 Å². The second-order valence-corrected chi connectivity index (χ2v) is 9.80. The monoisotopic (exact) mass is 489 g/mol. The molecule has 3 rings (SSSR count). The normalized spacial score (nSPS) is 21.2. The Morgan fingerprint density at radius 3 is 2.24 bits per heavy atom. The highest BCUT2D eigenvalue weighted by molar-refractivity contribution is 6.54. The molecule has 0 saturated heterocycles. The number of ether oxygens (including phenoxy) is 3. The molecule has 33 heavy (non-hydrogen) atoms. The van der Waals surface area contributed by atoms with Gasteiger partial charge in [0.05, 0.1) is 6.61 Å². The Kier molecular flexibility index (Phi) is 8.15. The fraction of sp³-hybridized carbons (Fsp3) is 0.462. The number of carbonyl (C=O) groups is 1. The van der Waals surface area contributed by atoms with Crippen LogP contribution in [0, 0.1) is 17.2 Å². The third-order valence-electron chi connectivity index (χ3n) is 6.02. The maximum absolute atomic E-state index is 13.4. The molecular weight excluding hydrogens is 461 g/mol. The molecule has 1 aliphatic carbocycles. The summed E-state index contributed by atoms with van der Waals surface area (Å²) in [4.78, 5) is 13.4. The van der Waals surface area contributed by atoms with Gasteiger partial charge >= 0.3 is 5.97 Å². The largest absolute Gasteiger partial charge is 0.494 e. The van der Waals surface area contributed by atoms with Gasteiger partial charge in [0.1, 0.15) is 33.4 Å². The van der Waals surface area contributed by atoms with Crippen molar-refractivity contribution in [2.45, 2.75) is 62.0 Å². The van der Waals surface area contributed by atoms with Gasteiger partial charge in [0.15, 0.2) is 6.10 Å². The Bertz CT molecular complexity index is 974. The molecule has 0 aliphatic heterocycles. The molecule has 0 heterocycles. The zero-order valence-corrected chi connectivity index (χ0v) is 20.6. The lowest BCUT2D eigenvalue weighted by Crippen LogP contribution is -2.39. The Morgan fingerprint density at radius 1 is 1.09 bits per heavy atom. The summed E-state index contributed by atoms with van der Waals surface area (Å²) >= 11 is 12.9. The summed E-state index contributed by atoms with van der Waals surface area (Å²) in [5, 5.41) is 9.85. The third-order valence-corrected chi connectivity index (χ3v) is 6.93. The number of para-hydroxylation sites is 1. The number of nitriles is 1. The van der Waals surface area contributed by atoms with Crippen molar-refractivity contribution in [3.05, 3.63) is 60.2 Å². The number of rotatable bonds is 11. The second-order valence-electron chi connectivity index (χ2n) is 8.32. The molecule has 1 aliphatic rings. The average molecular weight is 490 g/mol. The number of alkyl halides is 2. The van der Waals surface area contributed by atoms with Crippen LogP contribution in [-0.4, -0.2) is 29.1 Å². The quantitative estimate of drug-likeness (QED) is 0.276. The van der Waals surface area contributed by atoms with Gasteiger partial charge in [0, 0.05) is 12.3 Å². The molecule has 0 bridgehead atoms. The summed E-state index contributed by atoms with van der Waals surface area (Å²) < 4.78 is 16.1. The number of nitrogens with zero attached hydrogens (tertiary/aromatic N) is 1. The maximum atomic E-state index is 13.4. The van der Waals surface area contributed by atoms with Crippen LogP contribution >= 0.6 is 23.2 Å². The topological polar surface area (TPSA) is 68.5 Å². The predicted molar refractivity (Wildman–Crippen MR) is 129 cm³/mol. The van der Waals surface area contributed by atoms with Crippen LogP contribution in [0.5, 0.6) is 11.5 Å². The SMILES string of the molecule is CCCC(Oc1ccccc1)C(C)C(C#N)OC(=O)C1(c2ccc(OCC)cc2)CC1(Cl)Cl. The Labute approximate surface area is 205 Å². The molecule has 4 unspecified atom stereocenters. The molecule has 4 atom stereocenters. The van der Waals surface area contributed by atoms with E-state index in [0.717, 1.165) is 6.42 Å². The lowest BCUT2D eigenvalue weighted by molar-refractivity contribution is -0.153. The van der Waals surface area contributed by atoms with E-state index >= 15 is 0 Å². The van der Waals surface area contributed by atoms with Gasteiger partial charge in [-0.15, -0.1) is 0 Å². The molecule has 0 radical (unpaired) electrons. The molecule has 1 fully saturated rings. The number of hydrogen-bond donors (Lipinski definition) is 0. The first-order chi connectivity index (χ1) is 15.8. The highest BCUT2D eigenvalue weighted by atomic mass is 35.5. The Hall–Kier alpha value is -2.42. The van der Waals surface area contributed by atoms with Gasteiger partial charge in [-0.25, -0.2) is 0 Å². The van der Waals surface area contributed by atoms with E-state index in [1.54, 1.807) is 24.3 Å². The first-order valence-corrected chi connectivity index (χ1v) is 12.0. The Morgan fingerprint density at radius 2 is 1.73 bits per heavy atom. The molecule has 7 heteroatoms. The van der Waals surface area contributed by atoms with E-state index in [2.05, 4.69) is 6.07 Å². The van der Waals surface area contributed by atoms with Gasteiger partial charge in [0.2, 0.25) is 0 Å². The van der Waals surface area contributed by atoms with Crippen molar-refractivity contribution < 1.29 is 19.0 Å². The van der Waals surface area contributed by atoms with Crippen LogP contribution in [0.25, 0.3) is 0 Å². The van der Waals surface area contributed by atoms with Crippen molar-refractivity contribution in [3.8, 4) is 17.6 Å². The summed E-state index contributed by atoms with van der Waals surface area (Å²) in [6.45, 7) is 6.33. The minimum Gasteiger partial charge on any atom is -0.494 e. The molecular formula is C26H29Cl2NO4. The summed E-state index contributed by atoms with van der Waals surface area (Å²) in [6.07, 6.45) is 0.470. The zero-order chi connectivity index (χ0) is 24.1. The van der Waals surface area contributed by atoms with E-state index in [4.69, 9.17) is 37.4 Å². The van der Waals surface area contributed by atoms with Crippen molar-refractivity contribution in [2.24, 2.45) is 5.92 Å². The lowest BCUT2D eigenvalue weighted by atomic mass is 9.93. The third kappa shape index (κ3) is 5.39. The molecule has 0 spiro atoms. The minimum atomic E-state index is -1.30. The van der Waals surface area contributed by atoms with Crippen molar-refractivity contribution >= 4 is 29.2 Å². The van der Waals surface area contributed by atoms with E-state index in [1.165, 1.54) is 0 Å². The molecule has 1 saturated carbocycles. The van der Waals surface area contributed by atoms with Crippen LogP contribution in [0.2, 0.25) is 0 Å². The van der Waals surface area contributed by atoms with Gasteiger partial charge in [-0.2, -0.15) is 5.26 Å². The van der Waals surface area contributed by atoms with Crippen LogP contribution in [0.4, 0.5) is 0 Å². The number of halogens is 2. The zero-order valence-electron chi connectivity index (χ0n) is 19.1. The first kappa shape index (κ1) is 25.2. The second kappa shape index (κ2) is 10.7. The van der Waals surface area contributed by atoms with Crippen LogP contribution in [0.15, 0.2) is 54.6 Å². The van der Waals surface area contributed by atoms with Gasteiger partial charge in [-0.05, 0) is 43.2 Å². The van der Waals surface area contributed by atoms with Crippen molar-refractivity contribution in [1.29, 1.82) is 5.26 Å². The summed E-state index contributed by atoms with van der Waals surface area (Å²) in [7, 11) is 0. The smallest absolute Gasteiger partial charge is 0.321 e. The number of benzene rings is 2. The van der Waals surface area contributed by atoms with Gasteiger partial charge in [-0.3, -0.25) is 4.79 Å². The van der Waals surface area contributed by atoms with Crippen LogP contribution in [-0.2, 0) is 14.9 Å². The first-order valence-electron chi connectivity index (χ1n) is 11.2. The summed E-state index contributed by atoms with van der Waals surface area (Å²) in [6, 6.07) is 18.6. The molecule has 176 valence electrons. The number of esters is 1. The Balaban J connectivity index is 1.78. The van der Waals surface area contributed by atoms with Crippen molar-refractivity contribution in [3.63, 3.8) is 0 Å². The molecule has 2 aromatic carbocycles. The maximum Gasteiger partial charge on any atom is 0.321 e. The molecule has 0 N–H and O–H groups in total. The fourth-order valence-corrected chi connectivity index (χ4v) is 4.77. The van der Waals surface area contributed by atoms with E-state index in [9.17, 15) is 10.1 Å². The van der Waals surface area contributed by atoms with Gasteiger partial charge in [-0.1, -0.05) is 73.8 Å². The molecule has 2 aromatic rings. The van der Waals surface area contributed by atoms with Gasteiger partial charge in [0.25, 0.3) is 0 Å². The minimum absolute atomic E-state index is 0.210. The highest BCUT2D eigenvalue weighted by Crippen LogP contribution is 2.65. The van der Waals surface area contributed by atoms with Crippen molar-refractivity contribution in [2.75, 3.05) is 6.61 Å². The van der Waals surface area contributed by atoms with Gasteiger partial charge < -0.3 is 14.2 Å². The summed E-state index contributed by atoms with van der Waals surface area (Å²) in [5.41, 5.74) is -0.591.